The van der Waals surface area contributed by atoms with Crippen LogP contribution in [-0.4, -0.2) is 25.6 Å². The van der Waals surface area contributed by atoms with E-state index in [-0.39, 0.29) is 6.23 Å². The first-order valence-electron chi connectivity index (χ1n) is 4.13. The van der Waals surface area contributed by atoms with Crippen molar-refractivity contribution in [2.24, 2.45) is 0 Å². The summed E-state index contributed by atoms with van der Waals surface area (Å²) >= 11 is 1.80. The molecule has 12 heavy (non-hydrogen) atoms. The lowest BCUT2D eigenvalue weighted by Gasteiger charge is -2.28. The fourth-order valence-corrected chi connectivity index (χ4v) is 2.61. The zero-order valence-corrected chi connectivity index (χ0v) is 8.23. The highest BCUT2D eigenvalue weighted by Gasteiger charge is 2.23. The molecule has 1 aliphatic rings. The Morgan fingerprint density at radius 3 is 3.17 bits per heavy atom. The molecule has 66 valence electrons. The van der Waals surface area contributed by atoms with Crippen LogP contribution in [0.15, 0.2) is 11.4 Å². The molecule has 0 N–H and O–H groups in total. The number of thiophene rings is 1. The van der Waals surface area contributed by atoms with Crippen molar-refractivity contribution in [1.82, 2.24) is 4.90 Å². The smallest absolute Gasteiger partial charge is 0.145 e. The minimum absolute atomic E-state index is 0.189. The fraction of sp³-hybridized carbons (Fsp3) is 0.556. The number of hydrogen-bond donors (Lipinski definition) is 0. The van der Waals surface area contributed by atoms with Crippen LogP contribution < -0.4 is 0 Å². The van der Waals surface area contributed by atoms with E-state index in [1.165, 1.54) is 10.4 Å². The Balaban J connectivity index is 2.31. The summed E-state index contributed by atoms with van der Waals surface area (Å²) in [5, 5.41) is 2.15. The quantitative estimate of drug-likeness (QED) is 0.659. The van der Waals surface area contributed by atoms with Crippen LogP contribution in [0.4, 0.5) is 0 Å². The molecule has 0 aliphatic carbocycles. The lowest BCUT2D eigenvalue weighted by molar-refractivity contribution is -0.0441. The van der Waals surface area contributed by atoms with Crippen molar-refractivity contribution >= 4 is 11.3 Å². The summed E-state index contributed by atoms with van der Waals surface area (Å²) in [4.78, 5) is 3.50. The topological polar surface area (TPSA) is 12.5 Å². The number of rotatable bonds is 1. The van der Waals surface area contributed by atoms with Gasteiger partial charge in [0.05, 0.1) is 11.5 Å². The SMILES string of the molecule is CN(C)[C@@H]1OCCc2ccsc21. The molecule has 2 nitrogen and oxygen atoms in total. The zero-order chi connectivity index (χ0) is 8.55. The van der Waals surface area contributed by atoms with Gasteiger partial charge in [0.25, 0.3) is 0 Å². The fourth-order valence-electron chi connectivity index (χ4n) is 1.51. The summed E-state index contributed by atoms with van der Waals surface area (Å²) in [5.74, 6) is 0. The predicted octanol–water partition coefficient (Wildman–Crippen LogP) is 1.88. The third kappa shape index (κ3) is 1.28. The van der Waals surface area contributed by atoms with Gasteiger partial charge in [-0.2, -0.15) is 0 Å². The normalized spacial score (nSPS) is 22.8. The van der Waals surface area contributed by atoms with Crippen molar-refractivity contribution < 1.29 is 4.74 Å². The molecule has 0 radical (unpaired) electrons. The Morgan fingerprint density at radius 2 is 2.42 bits per heavy atom. The van der Waals surface area contributed by atoms with Gasteiger partial charge in [0, 0.05) is 0 Å². The van der Waals surface area contributed by atoms with E-state index in [1.807, 2.05) is 0 Å². The van der Waals surface area contributed by atoms with Crippen LogP contribution in [0.3, 0.4) is 0 Å². The highest BCUT2D eigenvalue weighted by Crippen LogP contribution is 2.32. The van der Waals surface area contributed by atoms with Gasteiger partial charge < -0.3 is 4.74 Å². The molecule has 0 bridgehead atoms. The first kappa shape index (κ1) is 8.23. The van der Waals surface area contributed by atoms with E-state index in [1.54, 1.807) is 11.3 Å². The van der Waals surface area contributed by atoms with Crippen molar-refractivity contribution in [1.29, 1.82) is 0 Å². The van der Waals surface area contributed by atoms with Gasteiger partial charge in [-0.1, -0.05) is 0 Å². The van der Waals surface area contributed by atoms with Crippen LogP contribution in [0.2, 0.25) is 0 Å². The van der Waals surface area contributed by atoms with Gasteiger partial charge in [-0.25, -0.2) is 0 Å². The van der Waals surface area contributed by atoms with Crippen molar-refractivity contribution in [2.45, 2.75) is 12.6 Å². The average molecular weight is 183 g/mol. The van der Waals surface area contributed by atoms with Crippen LogP contribution in [0.5, 0.6) is 0 Å². The summed E-state index contributed by atoms with van der Waals surface area (Å²) in [6, 6.07) is 2.21. The van der Waals surface area contributed by atoms with Crippen LogP contribution in [0.1, 0.15) is 16.7 Å². The van der Waals surface area contributed by atoms with E-state index in [9.17, 15) is 0 Å². The number of fused-ring (bicyclic) bond motifs is 1. The summed E-state index contributed by atoms with van der Waals surface area (Å²) in [6.45, 7) is 0.854. The van der Waals surface area contributed by atoms with E-state index in [0.29, 0.717) is 0 Å². The molecule has 1 aromatic heterocycles. The third-order valence-corrected chi connectivity index (χ3v) is 3.11. The summed E-state index contributed by atoms with van der Waals surface area (Å²) < 4.78 is 5.66. The van der Waals surface area contributed by atoms with E-state index in [0.717, 1.165) is 13.0 Å². The molecule has 2 rings (SSSR count). The molecule has 0 saturated carbocycles. The molecule has 1 aliphatic heterocycles. The second-order valence-corrected chi connectivity index (χ2v) is 4.19. The maximum Gasteiger partial charge on any atom is 0.145 e. The number of nitrogens with zero attached hydrogens (tertiary/aromatic N) is 1. The van der Waals surface area contributed by atoms with Crippen molar-refractivity contribution in [3.05, 3.63) is 21.9 Å². The molecule has 3 heteroatoms. The molecule has 0 aromatic carbocycles. The molecule has 1 aromatic rings. The Labute approximate surface area is 76.8 Å². The second-order valence-electron chi connectivity index (χ2n) is 3.25. The van der Waals surface area contributed by atoms with Gasteiger partial charge in [0.1, 0.15) is 6.23 Å². The minimum Gasteiger partial charge on any atom is -0.358 e. The van der Waals surface area contributed by atoms with Crippen molar-refractivity contribution in [3.63, 3.8) is 0 Å². The van der Waals surface area contributed by atoms with Gasteiger partial charge >= 0.3 is 0 Å². The maximum atomic E-state index is 5.66. The van der Waals surface area contributed by atoms with E-state index in [2.05, 4.69) is 30.4 Å². The molecule has 0 fully saturated rings. The Morgan fingerprint density at radius 1 is 1.58 bits per heavy atom. The highest BCUT2D eigenvalue weighted by atomic mass is 32.1. The monoisotopic (exact) mass is 183 g/mol. The molecule has 2 heterocycles. The van der Waals surface area contributed by atoms with E-state index >= 15 is 0 Å². The lowest BCUT2D eigenvalue weighted by Crippen LogP contribution is -2.26. The Bertz CT molecular complexity index is 269. The van der Waals surface area contributed by atoms with E-state index < -0.39 is 0 Å². The largest absolute Gasteiger partial charge is 0.358 e. The van der Waals surface area contributed by atoms with Crippen LogP contribution in [0, 0.1) is 0 Å². The van der Waals surface area contributed by atoms with Gasteiger partial charge in [-0.15, -0.1) is 11.3 Å². The Kier molecular flexibility index (Phi) is 2.17. The van der Waals surface area contributed by atoms with Crippen molar-refractivity contribution in [3.8, 4) is 0 Å². The number of ether oxygens (including phenoxy) is 1. The highest BCUT2D eigenvalue weighted by molar-refractivity contribution is 7.10. The van der Waals surface area contributed by atoms with Crippen LogP contribution >= 0.6 is 11.3 Å². The summed E-state index contributed by atoms with van der Waals surface area (Å²) in [5.41, 5.74) is 1.46. The lowest BCUT2D eigenvalue weighted by atomic mass is 10.1. The molecule has 0 spiro atoms. The summed E-state index contributed by atoms with van der Waals surface area (Å²) in [7, 11) is 4.11. The van der Waals surface area contributed by atoms with E-state index in [4.69, 9.17) is 4.74 Å². The molecule has 0 saturated heterocycles. The predicted molar refractivity (Wildman–Crippen MR) is 50.4 cm³/mol. The van der Waals surface area contributed by atoms with Crippen LogP contribution in [-0.2, 0) is 11.2 Å². The first-order chi connectivity index (χ1) is 5.79. The molecular weight excluding hydrogens is 170 g/mol. The maximum absolute atomic E-state index is 5.66. The second kappa shape index (κ2) is 3.17. The summed E-state index contributed by atoms with van der Waals surface area (Å²) in [6.07, 6.45) is 1.26. The third-order valence-electron chi connectivity index (χ3n) is 2.12. The molecule has 1 atom stereocenters. The first-order valence-corrected chi connectivity index (χ1v) is 5.01. The Hall–Kier alpha value is -0.380. The molecule has 0 unspecified atom stereocenters. The minimum atomic E-state index is 0.189. The van der Waals surface area contributed by atoms with Gasteiger partial charge in [0.15, 0.2) is 0 Å². The molecular formula is C9H13NOS. The van der Waals surface area contributed by atoms with Crippen molar-refractivity contribution in [2.75, 3.05) is 20.7 Å². The van der Waals surface area contributed by atoms with Crippen LogP contribution in [0.25, 0.3) is 0 Å². The average Bonchev–Trinajstić information content (AvgIpc) is 2.49. The standard InChI is InChI=1S/C9H13NOS/c1-10(2)9-8-7(3-5-11-9)4-6-12-8/h4,6,9H,3,5H2,1-2H3/t9-/m1/s1. The zero-order valence-electron chi connectivity index (χ0n) is 7.41. The van der Waals surface area contributed by atoms with Gasteiger partial charge in [0.2, 0.25) is 0 Å². The van der Waals surface area contributed by atoms with Gasteiger partial charge in [-0.05, 0) is 37.5 Å². The number of hydrogen-bond acceptors (Lipinski definition) is 3. The molecule has 0 amide bonds. The van der Waals surface area contributed by atoms with Gasteiger partial charge in [-0.3, -0.25) is 4.90 Å².